The maximum Gasteiger partial charge on any atom is 0.607 e. The van der Waals surface area contributed by atoms with Crippen molar-refractivity contribution in [2.24, 2.45) is 0 Å². The molecule has 92 valence electrons. The zero-order chi connectivity index (χ0) is 13.1. The summed E-state index contributed by atoms with van der Waals surface area (Å²) in [5.41, 5.74) is 0. The molecule has 3 aromatic rings. The second-order valence-corrected chi connectivity index (χ2v) is 4.16. The van der Waals surface area contributed by atoms with Crippen LogP contribution in [-0.4, -0.2) is 6.09 Å². The smallest absolute Gasteiger partial charge is 0.372 e. The van der Waals surface area contributed by atoms with Crippen LogP contribution in [0.15, 0.2) is 73.1 Å². The summed E-state index contributed by atoms with van der Waals surface area (Å²) in [4.78, 5) is 12.0. The Balaban J connectivity index is 1.89. The van der Waals surface area contributed by atoms with E-state index in [1.165, 1.54) is 4.57 Å². The molecule has 0 saturated heterocycles. The monoisotopic (exact) mass is 250 g/mol. The highest BCUT2D eigenvalue weighted by Gasteiger charge is 2.17. The lowest BCUT2D eigenvalue weighted by Crippen LogP contribution is -2.44. The van der Waals surface area contributed by atoms with Crippen LogP contribution in [0, 0.1) is 0 Å². The number of nitrogens with zero attached hydrogens (tertiary/aromatic N) is 1. The predicted octanol–water partition coefficient (Wildman–Crippen LogP) is 3.17. The van der Waals surface area contributed by atoms with Crippen molar-refractivity contribution in [1.29, 1.82) is 0 Å². The van der Waals surface area contributed by atoms with Crippen LogP contribution < -0.4 is 9.30 Å². The number of aromatic nitrogens is 1. The Labute approximate surface area is 110 Å². The van der Waals surface area contributed by atoms with E-state index in [2.05, 4.69) is 0 Å². The molecule has 0 unspecified atom stereocenters. The van der Waals surface area contributed by atoms with Crippen LogP contribution in [0.3, 0.4) is 0 Å². The van der Waals surface area contributed by atoms with Crippen LogP contribution >= 0.6 is 0 Å². The highest BCUT2D eigenvalue weighted by Crippen LogP contribution is 2.11. The van der Waals surface area contributed by atoms with Crippen LogP contribution in [0.25, 0.3) is 10.8 Å². The lowest BCUT2D eigenvalue weighted by Gasteiger charge is -1.99. The molecule has 0 aliphatic heterocycles. The summed E-state index contributed by atoms with van der Waals surface area (Å²) in [5, 5.41) is 2.08. The highest BCUT2D eigenvalue weighted by atomic mass is 16.6. The summed E-state index contributed by atoms with van der Waals surface area (Å²) in [5.74, 6) is 0.535. The zero-order valence-electron chi connectivity index (χ0n) is 10.2. The van der Waals surface area contributed by atoms with Crippen molar-refractivity contribution in [3.63, 3.8) is 0 Å². The number of hydrogen-bond acceptors (Lipinski definition) is 2. The van der Waals surface area contributed by atoms with E-state index in [4.69, 9.17) is 4.74 Å². The molecule has 0 N–H and O–H groups in total. The number of ether oxygens (including phenoxy) is 1. The van der Waals surface area contributed by atoms with E-state index in [1.54, 1.807) is 24.5 Å². The first-order chi connectivity index (χ1) is 9.33. The van der Waals surface area contributed by atoms with E-state index in [9.17, 15) is 4.79 Å². The number of fused-ring (bicyclic) bond motifs is 1. The fourth-order valence-electron chi connectivity index (χ4n) is 1.89. The average molecular weight is 250 g/mol. The molecule has 0 aliphatic carbocycles. The van der Waals surface area contributed by atoms with Gasteiger partial charge in [-0.1, -0.05) is 41.0 Å². The maximum absolute atomic E-state index is 12.0. The van der Waals surface area contributed by atoms with Crippen molar-refractivity contribution in [2.75, 3.05) is 0 Å². The molecule has 1 heterocycles. The Morgan fingerprint density at radius 2 is 1.53 bits per heavy atom. The summed E-state index contributed by atoms with van der Waals surface area (Å²) < 4.78 is 6.71. The van der Waals surface area contributed by atoms with Crippen molar-refractivity contribution in [2.45, 2.75) is 0 Å². The fourth-order valence-corrected chi connectivity index (χ4v) is 1.89. The van der Waals surface area contributed by atoms with Gasteiger partial charge in [-0.05, 0) is 23.6 Å². The third-order valence-corrected chi connectivity index (χ3v) is 2.85. The predicted molar refractivity (Wildman–Crippen MR) is 72.0 cm³/mol. The standard InChI is InChI=1S/C16H12NO2/c18-16(19-15-8-2-1-3-9-15)17-11-10-13-6-4-5-7-14(13)12-17/h1-12H/q+1. The van der Waals surface area contributed by atoms with Crippen LogP contribution in [0.4, 0.5) is 4.79 Å². The summed E-state index contributed by atoms with van der Waals surface area (Å²) >= 11 is 0. The van der Waals surface area contributed by atoms with Gasteiger partial charge in [0.1, 0.15) is 5.75 Å². The molecule has 0 saturated carbocycles. The van der Waals surface area contributed by atoms with Gasteiger partial charge in [0.25, 0.3) is 0 Å². The van der Waals surface area contributed by atoms with Crippen molar-refractivity contribution < 1.29 is 14.1 Å². The first kappa shape index (κ1) is 11.4. The molecule has 0 bridgehead atoms. The van der Waals surface area contributed by atoms with Crippen LogP contribution in [0.2, 0.25) is 0 Å². The molecule has 0 atom stereocenters. The van der Waals surface area contributed by atoms with Gasteiger partial charge < -0.3 is 4.74 Å². The van der Waals surface area contributed by atoms with Crippen molar-refractivity contribution in [3.8, 4) is 5.75 Å². The highest BCUT2D eigenvalue weighted by molar-refractivity contribution is 5.81. The molecule has 0 radical (unpaired) electrons. The molecule has 0 spiro atoms. The minimum atomic E-state index is -0.419. The number of para-hydroxylation sites is 1. The molecule has 0 aliphatic rings. The topological polar surface area (TPSA) is 30.2 Å². The number of benzene rings is 2. The van der Waals surface area contributed by atoms with Gasteiger partial charge in [0.2, 0.25) is 0 Å². The first-order valence-corrected chi connectivity index (χ1v) is 6.00. The summed E-state index contributed by atoms with van der Waals surface area (Å²) in [6, 6.07) is 18.8. The molecule has 19 heavy (non-hydrogen) atoms. The molecule has 3 heteroatoms. The van der Waals surface area contributed by atoms with E-state index in [1.807, 2.05) is 48.5 Å². The third kappa shape index (κ3) is 2.45. The van der Waals surface area contributed by atoms with E-state index >= 15 is 0 Å². The number of hydrogen-bond donors (Lipinski definition) is 0. The normalized spacial score (nSPS) is 10.3. The fraction of sp³-hybridized carbons (Fsp3) is 0. The van der Waals surface area contributed by atoms with E-state index in [0.717, 1.165) is 10.8 Å². The summed E-state index contributed by atoms with van der Waals surface area (Å²) in [7, 11) is 0. The van der Waals surface area contributed by atoms with Crippen molar-refractivity contribution in [1.82, 2.24) is 0 Å². The van der Waals surface area contributed by atoms with Crippen LogP contribution in [0.1, 0.15) is 0 Å². The SMILES string of the molecule is O=C(Oc1ccccc1)[n+]1ccc2ccccc2c1. The lowest BCUT2D eigenvalue weighted by atomic mass is 10.2. The summed E-state index contributed by atoms with van der Waals surface area (Å²) in [6.07, 6.45) is 3.05. The van der Waals surface area contributed by atoms with Gasteiger partial charge in [0.05, 0.1) is 0 Å². The molecule has 0 amide bonds. The number of rotatable bonds is 1. The van der Waals surface area contributed by atoms with Gasteiger partial charge in [-0.3, -0.25) is 0 Å². The van der Waals surface area contributed by atoms with Gasteiger partial charge >= 0.3 is 6.09 Å². The quantitative estimate of drug-likeness (QED) is 0.621. The number of pyridine rings is 1. The Morgan fingerprint density at radius 3 is 2.32 bits per heavy atom. The van der Waals surface area contributed by atoms with Gasteiger partial charge in [0.15, 0.2) is 12.4 Å². The van der Waals surface area contributed by atoms with E-state index in [0.29, 0.717) is 5.75 Å². The molecule has 2 aromatic carbocycles. The summed E-state index contributed by atoms with van der Waals surface area (Å²) in [6.45, 7) is 0. The van der Waals surface area contributed by atoms with Crippen molar-refractivity contribution in [3.05, 3.63) is 73.1 Å². The third-order valence-electron chi connectivity index (χ3n) is 2.85. The van der Waals surface area contributed by atoms with Gasteiger partial charge in [0, 0.05) is 11.5 Å². The van der Waals surface area contributed by atoms with E-state index in [-0.39, 0.29) is 0 Å². The number of carbonyl (C=O) groups excluding carboxylic acids is 1. The Hall–Kier alpha value is -2.68. The second-order valence-electron chi connectivity index (χ2n) is 4.16. The van der Waals surface area contributed by atoms with E-state index < -0.39 is 6.09 Å². The Kier molecular flexibility index (Phi) is 2.94. The largest absolute Gasteiger partial charge is 0.607 e. The van der Waals surface area contributed by atoms with Gasteiger partial charge in [-0.25, -0.2) is 0 Å². The minimum absolute atomic E-state index is 0.419. The van der Waals surface area contributed by atoms with Crippen LogP contribution in [-0.2, 0) is 0 Å². The maximum atomic E-state index is 12.0. The molecule has 0 fully saturated rings. The molecular formula is C16H12NO2+. The number of carbonyl (C=O) groups is 1. The van der Waals surface area contributed by atoms with Crippen LogP contribution in [0.5, 0.6) is 5.75 Å². The molecule has 1 aromatic heterocycles. The van der Waals surface area contributed by atoms with Gasteiger partial charge in [-0.2, -0.15) is 4.79 Å². The molecule has 3 nitrogen and oxygen atoms in total. The van der Waals surface area contributed by atoms with Gasteiger partial charge in [-0.15, -0.1) is 0 Å². The zero-order valence-corrected chi connectivity index (χ0v) is 10.2. The first-order valence-electron chi connectivity index (χ1n) is 6.00. The van der Waals surface area contributed by atoms with Crippen molar-refractivity contribution >= 4 is 16.9 Å². The lowest BCUT2D eigenvalue weighted by molar-refractivity contribution is -0.580. The minimum Gasteiger partial charge on any atom is -0.372 e. The molecular weight excluding hydrogens is 238 g/mol. The Bertz CT molecular complexity index is 723. The molecule has 3 rings (SSSR count). The Morgan fingerprint density at radius 1 is 0.842 bits per heavy atom. The second kappa shape index (κ2) is 4.90. The average Bonchev–Trinajstić information content (AvgIpc) is 2.48.